The number of ether oxygens (including phenoxy) is 2. The number of aliphatic carboxylic acids is 1. The second-order valence-electron chi connectivity index (χ2n) is 9.55. The number of rotatable bonds is 6. The number of benzene rings is 2. The molecule has 1 aliphatic heterocycles. The van der Waals surface area contributed by atoms with Gasteiger partial charge in [-0.25, -0.2) is 13.2 Å². The van der Waals surface area contributed by atoms with Crippen LogP contribution in [0.5, 0.6) is 5.75 Å². The molecule has 0 saturated heterocycles. The standard InChI is InChI=1S/C24H25F3N2O7S/c1-13-4-7-15(8-5-13)37(33,34)29-12-20(16-11-17(16)21(30)31)35-19-9-6-14(10-18(19)29)28-22(32)36-23(2,3)24(25,26)27/h4-10,16-17,20H,11-12H2,1-3H3,(H,28,32)(H,30,31)/t16-,17+,20?/m1/s1. The molecule has 1 fully saturated rings. The Balaban J connectivity index is 1.66. The van der Waals surface area contributed by atoms with Gasteiger partial charge in [0.2, 0.25) is 5.60 Å². The van der Waals surface area contributed by atoms with Gasteiger partial charge in [0.05, 0.1) is 23.0 Å². The number of hydrogen-bond donors (Lipinski definition) is 2. The van der Waals surface area contributed by atoms with Gasteiger partial charge in [-0.1, -0.05) is 17.7 Å². The number of carboxylic acid groups (broad SMARTS) is 1. The number of carbonyl (C=O) groups is 2. The first-order valence-corrected chi connectivity index (χ1v) is 12.7. The average Bonchev–Trinajstić information content (AvgIpc) is 3.59. The van der Waals surface area contributed by atoms with Crippen molar-refractivity contribution < 1.29 is 45.8 Å². The first kappa shape index (κ1) is 26.6. The third kappa shape index (κ3) is 5.31. The number of hydrogen-bond acceptors (Lipinski definition) is 6. The highest BCUT2D eigenvalue weighted by Gasteiger charge is 2.52. The molecule has 200 valence electrons. The summed E-state index contributed by atoms with van der Waals surface area (Å²) < 4.78 is 78.0. The van der Waals surface area contributed by atoms with E-state index in [1.165, 1.54) is 30.3 Å². The van der Waals surface area contributed by atoms with Gasteiger partial charge < -0.3 is 14.6 Å². The summed E-state index contributed by atoms with van der Waals surface area (Å²) in [7, 11) is -4.15. The van der Waals surface area contributed by atoms with Crippen molar-refractivity contribution in [1.82, 2.24) is 0 Å². The molecule has 2 aromatic rings. The first-order valence-electron chi connectivity index (χ1n) is 11.3. The Labute approximate surface area is 211 Å². The maximum Gasteiger partial charge on any atom is 0.427 e. The Morgan fingerprint density at radius 2 is 1.78 bits per heavy atom. The summed E-state index contributed by atoms with van der Waals surface area (Å²) in [5.41, 5.74) is -1.90. The van der Waals surface area contributed by atoms with Crippen LogP contribution >= 0.6 is 0 Å². The highest BCUT2D eigenvalue weighted by atomic mass is 32.2. The number of anilines is 2. The SMILES string of the molecule is Cc1ccc(S(=O)(=O)N2CC([C@@H]3C[C@@H]3C(=O)O)Oc3ccc(NC(=O)OC(C)(C)C(F)(F)F)cc32)cc1. The largest absolute Gasteiger partial charge is 0.486 e. The molecule has 0 aromatic heterocycles. The number of nitrogens with one attached hydrogen (secondary N) is 1. The van der Waals surface area contributed by atoms with E-state index < -0.39 is 51.8 Å². The van der Waals surface area contributed by atoms with Crippen molar-refractivity contribution in [2.45, 2.75) is 50.0 Å². The summed E-state index contributed by atoms with van der Waals surface area (Å²) in [6.07, 6.45) is -6.58. The molecule has 13 heteroatoms. The molecule has 0 radical (unpaired) electrons. The maximum atomic E-state index is 13.6. The summed E-state index contributed by atoms with van der Waals surface area (Å²) in [6, 6.07) is 10.1. The van der Waals surface area contributed by atoms with E-state index in [4.69, 9.17) is 4.74 Å². The van der Waals surface area contributed by atoms with E-state index in [1.54, 1.807) is 19.1 Å². The number of aryl methyl sites for hydroxylation is 1. The smallest absolute Gasteiger partial charge is 0.427 e. The van der Waals surface area contributed by atoms with Gasteiger partial charge in [0.1, 0.15) is 11.9 Å². The minimum absolute atomic E-state index is 0.0139. The van der Waals surface area contributed by atoms with Crippen molar-refractivity contribution >= 4 is 33.5 Å². The zero-order valence-corrected chi connectivity index (χ0v) is 20.9. The molecule has 1 unspecified atom stereocenters. The lowest BCUT2D eigenvalue weighted by Gasteiger charge is -2.36. The lowest BCUT2D eigenvalue weighted by Crippen LogP contribution is -2.45. The van der Waals surface area contributed by atoms with Gasteiger partial charge in [0.25, 0.3) is 10.0 Å². The van der Waals surface area contributed by atoms with Gasteiger partial charge >= 0.3 is 18.2 Å². The molecule has 3 atom stereocenters. The van der Waals surface area contributed by atoms with E-state index in [1.807, 2.05) is 0 Å². The summed E-state index contributed by atoms with van der Waals surface area (Å²) in [4.78, 5) is 23.5. The molecular formula is C24H25F3N2O7S. The van der Waals surface area contributed by atoms with Gasteiger partial charge in [-0.3, -0.25) is 14.4 Å². The second-order valence-corrected chi connectivity index (χ2v) is 11.4. The number of carboxylic acids is 1. The Morgan fingerprint density at radius 3 is 2.35 bits per heavy atom. The first-order chi connectivity index (χ1) is 17.1. The van der Waals surface area contributed by atoms with Crippen LogP contribution in [0, 0.1) is 18.8 Å². The summed E-state index contributed by atoms with van der Waals surface area (Å²) in [5, 5.41) is 11.5. The molecule has 1 amide bonds. The normalized spacial score (nSPS) is 21.5. The van der Waals surface area contributed by atoms with Crippen molar-refractivity contribution in [3.63, 3.8) is 0 Å². The minimum atomic E-state index is -4.81. The van der Waals surface area contributed by atoms with Gasteiger partial charge in [-0.05, 0) is 57.5 Å². The van der Waals surface area contributed by atoms with Gasteiger partial charge in [-0.2, -0.15) is 13.2 Å². The van der Waals surface area contributed by atoms with Crippen molar-refractivity contribution in [3.05, 3.63) is 48.0 Å². The number of carbonyl (C=O) groups excluding carboxylic acids is 1. The van der Waals surface area contributed by atoms with Gasteiger partial charge in [0, 0.05) is 11.6 Å². The molecule has 2 aliphatic rings. The monoisotopic (exact) mass is 542 g/mol. The number of alkyl halides is 3. The lowest BCUT2D eigenvalue weighted by molar-refractivity contribution is -0.242. The van der Waals surface area contributed by atoms with E-state index in [0.29, 0.717) is 20.3 Å². The molecule has 37 heavy (non-hydrogen) atoms. The summed E-state index contributed by atoms with van der Waals surface area (Å²) in [6.45, 7) is 3.01. The van der Waals surface area contributed by atoms with Crippen molar-refractivity contribution in [2.75, 3.05) is 16.2 Å². The zero-order chi connectivity index (χ0) is 27.3. The Kier molecular flexibility index (Phi) is 6.55. The molecule has 4 rings (SSSR count). The fourth-order valence-corrected chi connectivity index (χ4v) is 5.46. The van der Waals surface area contributed by atoms with E-state index >= 15 is 0 Å². The number of nitrogens with zero attached hydrogens (tertiary/aromatic N) is 1. The van der Waals surface area contributed by atoms with Crippen molar-refractivity contribution in [1.29, 1.82) is 0 Å². The van der Waals surface area contributed by atoms with Crippen LogP contribution < -0.4 is 14.4 Å². The van der Waals surface area contributed by atoms with Crippen LogP contribution in [0.15, 0.2) is 47.4 Å². The van der Waals surface area contributed by atoms with Crippen LogP contribution in [-0.4, -0.2) is 50.0 Å². The third-order valence-electron chi connectivity index (χ3n) is 6.37. The third-order valence-corrected chi connectivity index (χ3v) is 8.17. The quantitative estimate of drug-likeness (QED) is 0.549. The Hall–Kier alpha value is -3.48. The molecule has 2 aromatic carbocycles. The fraction of sp³-hybridized carbons (Fsp3) is 0.417. The number of amides is 1. The number of fused-ring (bicyclic) bond motifs is 1. The number of sulfonamides is 1. The van der Waals surface area contributed by atoms with E-state index in [0.717, 1.165) is 9.87 Å². The Bertz CT molecular complexity index is 1330. The average molecular weight is 543 g/mol. The van der Waals surface area contributed by atoms with E-state index in [-0.39, 0.29) is 28.6 Å². The summed E-state index contributed by atoms with van der Waals surface area (Å²) >= 11 is 0. The van der Waals surface area contributed by atoms with Crippen LogP contribution in [0.2, 0.25) is 0 Å². The molecule has 0 bridgehead atoms. The van der Waals surface area contributed by atoms with Crippen LogP contribution in [0.4, 0.5) is 29.3 Å². The molecular weight excluding hydrogens is 517 g/mol. The molecule has 0 spiro atoms. The topological polar surface area (TPSA) is 122 Å². The van der Waals surface area contributed by atoms with Crippen LogP contribution in [0.1, 0.15) is 25.8 Å². The fourth-order valence-electron chi connectivity index (χ4n) is 3.98. The predicted octanol–water partition coefficient (Wildman–Crippen LogP) is 4.56. The van der Waals surface area contributed by atoms with Crippen LogP contribution in [-0.2, 0) is 19.6 Å². The molecule has 1 heterocycles. The minimum Gasteiger partial charge on any atom is -0.486 e. The highest BCUT2D eigenvalue weighted by molar-refractivity contribution is 7.92. The van der Waals surface area contributed by atoms with Crippen LogP contribution in [0.25, 0.3) is 0 Å². The lowest BCUT2D eigenvalue weighted by atomic mass is 10.1. The maximum absolute atomic E-state index is 13.6. The summed E-state index contributed by atoms with van der Waals surface area (Å²) in [5.74, 6) is -1.91. The Morgan fingerprint density at radius 1 is 1.14 bits per heavy atom. The van der Waals surface area contributed by atoms with E-state index in [9.17, 15) is 36.3 Å². The predicted molar refractivity (Wildman–Crippen MR) is 126 cm³/mol. The highest BCUT2D eigenvalue weighted by Crippen LogP contribution is 2.48. The van der Waals surface area contributed by atoms with Gasteiger partial charge in [-0.15, -0.1) is 0 Å². The molecule has 9 nitrogen and oxygen atoms in total. The van der Waals surface area contributed by atoms with Crippen molar-refractivity contribution in [3.8, 4) is 5.75 Å². The second kappa shape index (κ2) is 9.12. The van der Waals surface area contributed by atoms with Gasteiger partial charge in [0.15, 0.2) is 0 Å². The van der Waals surface area contributed by atoms with Crippen molar-refractivity contribution in [2.24, 2.45) is 11.8 Å². The van der Waals surface area contributed by atoms with E-state index in [2.05, 4.69) is 10.1 Å². The molecule has 1 saturated carbocycles. The molecule has 2 N–H and O–H groups in total. The number of halogens is 3. The van der Waals surface area contributed by atoms with Crippen LogP contribution in [0.3, 0.4) is 0 Å². The zero-order valence-electron chi connectivity index (χ0n) is 20.1. The molecule has 1 aliphatic carbocycles.